The van der Waals surface area contributed by atoms with Crippen molar-refractivity contribution in [3.05, 3.63) is 64.7 Å². The summed E-state index contributed by atoms with van der Waals surface area (Å²) in [5.41, 5.74) is 6.50. The fourth-order valence-electron chi connectivity index (χ4n) is 3.68. The number of amidine groups is 1. The van der Waals surface area contributed by atoms with E-state index in [1.54, 1.807) is 29.2 Å². The molecule has 0 bridgehead atoms. The number of likely N-dealkylation sites (tertiary alicyclic amines) is 1. The van der Waals surface area contributed by atoms with Crippen LogP contribution in [0, 0.1) is 23.0 Å². The molecule has 0 radical (unpaired) electrons. The standard InChI is InChI=1S/C20H17F2N5O/c21-14-9-15(22)17-16(10-14)25-20(26-18(17)24)5-7-27(8-6-20)19(28)13-3-1-12(11-23)2-4-13/h1-4,9-10,25H,5-8H2,(H2,24,26). The average molecular weight is 381 g/mol. The number of nitrogens with one attached hydrogen (secondary N) is 1. The van der Waals surface area contributed by atoms with E-state index in [0.29, 0.717) is 37.1 Å². The monoisotopic (exact) mass is 381 g/mol. The Bertz CT molecular complexity index is 1020. The van der Waals surface area contributed by atoms with Crippen LogP contribution < -0.4 is 11.1 Å². The fraction of sp³-hybridized carbons (Fsp3) is 0.250. The molecule has 0 aliphatic carbocycles. The van der Waals surface area contributed by atoms with Crippen molar-refractivity contribution in [3.63, 3.8) is 0 Å². The van der Waals surface area contributed by atoms with Gasteiger partial charge in [0.1, 0.15) is 23.1 Å². The zero-order valence-electron chi connectivity index (χ0n) is 14.9. The number of nitriles is 1. The number of nitrogens with two attached hydrogens (primary N) is 1. The van der Waals surface area contributed by atoms with Crippen LogP contribution >= 0.6 is 0 Å². The average Bonchev–Trinajstić information content (AvgIpc) is 2.67. The van der Waals surface area contributed by atoms with Crippen molar-refractivity contribution in [2.24, 2.45) is 10.7 Å². The molecule has 1 fully saturated rings. The molecule has 2 aromatic carbocycles. The molecule has 0 aromatic heterocycles. The number of nitrogens with zero attached hydrogens (tertiary/aromatic N) is 3. The summed E-state index contributed by atoms with van der Waals surface area (Å²) in [4.78, 5) is 18.8. The van der Waals surface area contributed by atoms with E-state index in [9.17, 15) is 13.6 Å². The Morgan fingerprint density at radius 2 is 1.89 bits per heavy atom. The number of halogens is 2. The molecular formula is C20H17F2N5O. The second-order valence-electron chi connectivity index (χ2n) is 6.95. The van der Waals surface area contributed by atoms with Crippen LogP contribution in [0.15, 0.2) is 41.4 Å². The van der Waals surface area contributed by atoms with Gasteiger partial charge in [-0.05, 0) is 30.3 Å². The maximum absolute atomic E-state index is 14.0. The highest BCUT2D eigenvalue weighted by Gasteiger charge is 2.39. The third kappa shape index (κ3) is 3.05. The fourth-order valence-corrected chi connectivity index (χ4v) is 3.68. The van der Waals surface area contributed by atoms with E-state index in [-0.39, 0.29) is 23.0 Å². The number of carbonyl (C=O) groups is 1. The maximum atomic E-state index is 14.0. The second kappa shape index (κ2) is 6.60. The molecular weight excluding hydrogens is 364 g/mol. The summed E-state index contributed by atoms with van der Waals surface area (Å²) in [7, 11) is 0. The summed E-state index contributed by atoms with van der Waals surface area (Å²) in [5.74, 6) is -1.56. The van der Waals surface area contributed by atoms with E-state index in [4.69, 9.17) is 11.0 Å². The van der Waals surface area contributed by atoms with Crippen molar-refractivity contribution in [1.29, 1.82) is 5.26 Å². The maximum Gasteiger partial charge on any atom is 0.253 e. The van der Waals surface area contributed by atoms with E-state index in [1.807, 2.05) is 6.07 Å². The van der Waals surface area contributed by atoms with Gasteiger partial charge < -0.3 is 16.0 Å². The Morgan fingerprint density at radius 1 is 1.21 bits per heavy atom. The van der Waals surface area contributed by atoms with Crippen molar-refractivity contribution in [2.45, 2.75) is 18.5 Å². The lowest BCUT2D eigenvalue weighted by Crippen LogP contribution is -2.52. The molecule has 4 rings (SSSR count). The van der Waals surface area contributed by atoms with Crippen LogP contribution in [0.3, 0.4) is 0 Å². The molecule has 2 aliphatic heterocycles. The molecule has 2 aromatic rings. The van der Waals surface area contributed by atoms with Gasteiger partial charge in [0.25, 0.3) is 5.91 Å². The number of aliphatic imine (C=N–C) groups is 1. The summed E-state index contributed by atoms with van der Waals surface area (Å²) in [5, 5.41) is 12.0. The normalized spacial score (nSPS) is 17.3. The SMILES string of the molecule is N#Cc1ccc(C(=O)N2CCC3(CC2)N=C(N)c2c(F)cc(F)cc2N3)cc1. The Labute approximate surface area is 160 Å². The number of fused-ring (bicyclic) bond motifs is 1. The van der Waals surface area contributed by atoms with E-state index < -0.39 is 17.3 Å². The summed E-state index contributed by atoms with van der Waals surface area (Å²) < 4.78 is 27.6. The number of amides is 1. The first kappa shape index (κ1) is 17.9. The first-order chi connectivity index (χ1) is 13.4. The molecule has 28 heavy (non-hydrogen) atoms. The molecule has 1 saturated heterocycles. The summed E-state index contributed by atoms with van der Waals surface area (Å²) in [6, 6.07) is 10.5. The topological polar surface area (TPSA) is 94.5 Å². The van der Waals surface area contributed by atoms with Gasteiger partial charge in [0.05, 0.1) is 22.9 Å². The van der Waals surface area contributed by atoms with Gasteiger partial charge in [0.15, 0.2) is 0 Å². The van der Waals surface area contributed by atoms with E-state index in [0.717, 1.165) is 6.07 Å². The minimum atomic E-state index is -0.793. The summed E-state index contributed by atoms with van der Waals surface area (Å²) >= 11 is 0. The van der Waals surface area contributed by atoms with Gasteiger partial charge in [-0.3, -0.25) is 4.79 Å². The Balaban J connectivity index is 1.51. The van der Waals surface area contributed by atoms with Crippen molar-refractivity contribution < 1.29 is 13.6 Å². The first-order valence-corrected chi connectivity index (χ1v) is 8.83. The number of hydrogen-bond donors (Lipinski definition) is 2. The van der Waals surface area contributed by atoms with Crippen LogP contribution in [0.1, 0.15) is 34.3 Å². The van der Waals surface area contributed by atoms with Gasteiger partial charge in [-0.1, -0.05) is 0 Å². The minimum Gasteiger partial charge on any atom is -0.383 e. The molecule has 1 amide bonds. The van der Waals surface area contributed by atoms with Crippen LogP contribution in [0.25, 0.3) is 0 Å². The molecule has 2 heterocycles. The Kier molecular flexibility index (Phi) is 4.23. The Morgan fingerprint density at radius 3 is 2.54 bits per heavy atom. The molecule has 0 atom stereocenters. The zero-order chi connectivity index (χ0) is 19.9. The number of hydrogen-bond acceptors (Lipinski definition) is 5. The molecule has 3 N–H and O–H groups in total. The minimum absolute atomic E-state index is 0.0260. The predicted octanol–water partition coefficient (Wildman–Crippen LogP) is 2.60. The molecule has 6 nitrogen and oxygen atoms in total. The lowest BCUT2D eigenvalue weighted by Gasteiger charge is -2.42. The number of anilines is 1. The smallest absolute Gasteiger partial charge is 0.253 e. The van der Waals surface area contributed by atoms with Gasteiger partial charge in [0, 0.05) is 37.6 Å². The van der Waals surface area contributed by atoms with Gasteiger partial charge in [-0.25, -0.2) is 13.8 Å². The largest absolute Gasteiger partial charge is 0.383 e. The van der Waals surface area contributed by atoms with Gasteiger partial charge in [-0.2, -0.15) is 5.26 Å². The highest BCUT2D eigenvalue weighted by molar-refractivity contribution is 6.04. The zero-order valence-corrected chi connectivity index (χ0v) is 14.9. The van der Waals surface area contributed by atoms with E-state index in [1.165, 1.54) is 6.07 Å². The van der Waals surface area contributed by atoms with Crippen molar-refractivity contribution in [1.82, 2.24) is 4.90 Å². The lowest BCUT2D eigenvalue weighted by atomic mass is 9.93. The van der Waals surface area contributed by atoms with Gasteiger partial charge in [0.2, 0.25) is 0 Å². The van der Waals surface area contributed by atoms with Crippen molar-refractivity contribution in [3.8, 4) is 6.07 Å². The second-order valence-corrected chi connectivity index (χ2v) is 6.95. The summed E-state index contributed by atoms with van der Waals surface area (Å²) in [6.45, 7) is 0.825. The van der Waals surface area contributed by atoms with Crippen LogP contribution in [0.4, 0.5) is 14.5 Å². The van der Waals surface area contributed by atoms with Crippen LogP contribution in [-0.2, 0) is 0 Å². The van der Waals surface area contributed by atoms with Crippen LogP contribution in [0.5, 0.6) is 0 Å². The van der Waals surface area contributed by atoms with Gasteiger partial charge >= 0.3 is 0 Å². The Hall–Kier alpha value is -3.47. The van der Waals surface area contributed by atoms with Crippen LogP contribution in [0.2, 0.25) is 0 Å². The molecule has 0 unspecified atom stereocenters. The van der Waals surface area contributed by atoms with Crippen molar-refractivity contribution in [2.75, 3.05) is 18.4 Å². The number of benzene rings is 2. The first-order valence-electron chi connectivity index (χ1n) is 8.83. The van der Waals surface area contributed by atoms with Gasteiger partial charge in [-0.15, -0.1) is 0 Å². The third-order valence-electron chi connectivity index (χ3n) is 5.15. The molecule has 142 valence electrons. The quantitative estimate of drug-likeness (QED) is 0.794. The van der Waals surface area contributed by atoms with Crippen LogP contribution in [-0.4, -0.2) is 35.4 Å². The summed E-state index contributed by atoms with van der Waals surface area (Å²) in [6.07, 6.45) is 0.903. The number of piperidine rings is 1. The molecule has 1 spiro atoms. The number of carbonyl (C=O) groups excluding carboxylic acids is 1. The molecule has 0 saturated carbocycles. The lowest BCUT2D eigenvalue weighted by molar-refractivity contribution is 0.0685. The molecule has 2 aliphatic rings. The predicted molar refractivity (Wildman–Crippen MR) is 99.7 cm³/mol. The highest BCUT2D eigenvalue weighted by atomic mass is 19.1. The highest BCUT2D eigenvalue weighted by Crippen LogP contribution is 2.35. The van der Waals surface area contributed by atoms with Crippen molar-refractivity contribution >= 4 is 17.4 Å². The van der Waals surface area contributed by atoms with E-state index >= 15 is 0 Å². The molecule has 8 heteroatoms. The number of rotatable bonds is 1. The third-order valence-corrected chi connectivity index (χ3v) is 5.15. The van der Waals surface area contributed by atoms with E-state index in [2.05, 4.69) is 10.3 Å².